The molecule has 1 aliphatic heterocycles. The van der Waals surface area contributed by atoms with E-state index in [1.54, 1.807) is 7.11 Å². The maximum atomic E-state index is 5.32. The fraction of sp³-hybridized carbons (Fsp3) is 0.286. The van der Waals surface area contributed by atoms with Crippen molar-refractivity contribution in [1.82, 2.24) is 4.90 Å². The molecule has 0 aromatic heterocycles. The maximum Gasteiger partial charge on any atom is 0.228 e. The third kappa shape index (κ3) is 5.80. The van der Waals surface area contributed by atoms with Gasteiger partial charge in [0.05, 0.1) is 12.8 Å². The van der Waals surface area contributed by atoms with E-state index in [2.05, 4.69) is 42.3 Å². The average molecular weight is 441 g/mol. The first-order valence-corrected chi connectivity index (χ1v) is 11.6. The molecule has 5 heteroatoms. The molecule has 1 aliphatic rings. The molecule has 5 nitrogen and oxygen atoms in total. The molecule has 0 saturated carbocycles. The predicted molar refractivity (Wildman–Crippen MR) is 138 cm³/mol. The van der Waals surface area contributed by atoms with Crippen LogP contribution in [0.1, 0.15) is 37.3 Å². The highest BCUT2D eigenvalue weighted by Crippen LogP contribution is 2.22. The number of aliphatic imine (C=N–C) groups is 2. The molecule has 1 heterocycles. The van der Waals surface area contributed by atoms with Crippen LogP contribution in [0.25, 0.3) is 0 Å². The average Bonchev–Trinajstić information content (AvgIpc) is 2.85. The van der Waals surface area contributed by atoms with E-state index in [4.69, 9.17) is 14.7 Å². The fourth-order valence-electron chi connectivity index (χ4n) is 4.07. The minimum absolute atomic E-state index is 0.393. The van der Waals surface area contributed by atoms with Crippen LogP contribution in [0, 0.1) is 6.92 Å². The van der Waals surface area contributed by atoms with Gasteiger partial charge in [0.1, 0.15) is 11.6 Å². The van der Waals surface area contributed by atoms with Gasteiger partial charge in [-0.15, -0.1) is 0 Å². The topological polar surface area (TPSA) is 49.2 Å². The first kappa shape index (κ1) is 22.6. The molecule has 0 bridgehead atoms. The molecule has 1 unspecified atom stereocenters. The van der Waals surface area contributed by atoms with Gasteiger partial charge in [0.2, 0.25) is 5.96 Å². The Morgan fingerprint density at radius 1 is 0.939 bits per heavy atom. The van der Waals surface area contributed by atoms with Gasteiger partial charge in [0.25, 0.3) is 0 Å². The summed E-state index contributed by atoms with van der Waals surface area (Å²) in [5.74, 6) is 2.35. The molecule has 1 fully saturated rings. The minimum Gasteiger partial charge on any atom is -0.497 e. The van der Waals surface area contributed by atoms with Crippen LogP contribution in [0.5, 0.6) is 5.75 Å². The lowest BCUT2D eigenvalue weighted by Gasteiger charge is -2.34. The highest BCUT2D eigenvalue weighted by atomic mass is 16.5. The molecule has 4 rings (SSSR count). The van der Waals surface area contributed by atoms with Crippen molar-refractivity contribution in [3.8, 4) is 5.75 Å². The number of aryl methyl sites for hydroxylation is 1. The van der Waals surface area contributed by atoms with Crippen molar-refractivity contribution in [3.63, 3.8) is 0 Å². The fourth-order valence-corrected chi connectivity index (χ4v) is 4.07. The Bertz CT molecular complexity index is 1110. The molecule has 1 N–H and O–H groups in total. The van der Waals surface area contributed by atoms with Gasteiger partial charge in [0, 0.05) is 23.8 Å². The number of methoxy groups -OCH3 is 1. The van der Waals surface area contributed by atoms with E-state index in [-0.39, 0.29) is 0 Å². The van der Waals surface area contributed by atoms with Crippen LogP contribution in [0.3, 0.4) is 0 Å². The SMILES string of the molecule is COc1ccc(N/C(=N\C(=Nc2ccccc2)N2CCCCC2C)c2ccccc2C)cc1. The van der Waals surface area contributed by atoms with Crippen molar-refractivity contribution in [2.24, 2.45) is 9.98 Å². The Labute approximate surface area is 196 Å². The summed E-state index contributed by atoms with van der Waals surface area (Å²) in [6, 6.07) is 26.7. The lowest BCUT2D eigenvalue weighted by Crippen LogP contribution is -2.42. The molecule has 0 aliphatic carbocycles. The molecule has 0 radical (unpaired) electrons. The first-order chi connectivity index (χ1) is 16.1. The van der Waals surface area contributed by atoms with E-state index < -0.39 is 0 Å². The zero-order chi connectivity index (χ0) is 23.0. The molecular weight excluding hydrogens is 408 g/mol. The van der Waals surface area contributed by atoms with Gasteiger partial charge >= 0.3 is 0 Å². The van der Waals surface area contributed by atoms with Gasteiger partial charge in [-0.1, -0.05) is 42.5 Å². The molecule has 1 saturated heterocycles. The summed E-state index contributed by atoms with van der Waals surface area (Å²) in [7, 11) is 1.68. The van der Waals surface area contributed by atoms with Crippen molar-refractivity contribution in [2.45, 2.75) is 39.2 Å². The first-order valence-electron chi connectivity index (χ1n) is 11.6. The molecule has 1 atom stereocenters. The van der Waals surface area contributed by atoms with E-state index in [0.717, 1.165) is 59.4 Å². The number of likely N-dealkylation sites (tertiary alicyclic amines) is 1. The van der Waals surface area contributed by atoms with Gasteiger partial charge in [-0.2, -0.15) is 4.99 Å². The second-order valence-corrected chi connectivity index (χ2v) is 8.41. The number of ether oxygens (including phenoxy) is 1. The second-order valence-electron chi connectivity index (χ2n) is 8.41. The molecule has 3 aromatic rings. The number of hydrogen-bond donors (Lipinski definition) is 1. The quantitative estimate of drug-likeness (QED) is 0.376. The number of nitrogens with zero attached hydrogens (tertiary/aromatic N) is 3. The largest absolute Gasteiger partial charge is 0.497 e. The summed E-state index contributed by atoms with van der Waals surface area (Å²) in [6.45, 7) is 5.33. The van der Waals surface area contributed by atoms with E-state index in [1.165, 1.54) is 6.42 Å². The van der Waals surface area contributed by atoms with Crippen molar-refractivity contribution in [1.29, 1.82) is 0 Å². The normalized spacial score (nSPS) is 17.1. The summed E-state index contributed by atoms with van der Waals surface area (Å²) in [5.41, 5.74) is 4.06. The van der Waals surface area contributed by atoms with Gasteiger partial charge in [-0.25, -0.2) is 4.99 Å². The van der Waals surface area contributed by atoms with Crippen molar-refractivity contribution in [2.75, 3.05) is 19.0 Å². The number of rotatable bonds is 4. The van der Waals surface area contributed by atoms with Crippen molar-refractivity contribution in [3.05, 3.63) is 90.0 Å². The number of piperidine rings is 1. The Balaban J connectivity index is 1.80. The number of para-hydroxylation sites is 1. The van der Waals surface area contributed by atoms with Crippen LogP contribution >= 0.6 is 0 Å². The lowest BCUT2D eigenvalue weighted by molar-refractivity contribution is 0.256. The van der Waals surface area contributed by atoms with Crippen LogP contribution in [0.2, 0.25) is 0 Å². The van der Waals surface area contributed by atoms with E-state index in [9.17, 15) is 0 Å². The Morgan fingerprint density at radius 3 is 2.36 bits per heavy atom. The maximum absolute atomic E-state index is 5.32. The smallest absolute Gasteiger partial charge is 0.228 e. The standard InChI is InChI=1S/C28H32N4O/c1-21-11-7-8-15-26(21)27(29-24-16-18-25(33-3)19-17-24)31-28(30-23-13-5-4-6-14-23)32-20-10-9-12-22(32)2/h4-8,11,13-19,22H,9-10,12,20H2,1-3H3,(H,29,30,31). The number of benzene rings is 3. The molecular formula is C28H32N4O. The van der Waals surface area contributed by atoms with Crippen molar-refractivity contribution < 1.29 is 4.74 Å². The van der Waals surface area contributed by atoms with Crippen LogP contribution in [0.4, 0.5) is 11.4 Å². The van der Waals surface area contributed by atoms with E-state index in [0.29, 0.717) is 6.04 Å². The minimum atomic E-state index is 0.393. The Kier molecular flexibility index (Phi) is 7.40. The second kappa shape index (κ2) is 10.8. The van der Waals surface area contributed by atoms with E-state index >= 15 is 0 Å². The molecule has 3 aromatic carbocycles. The molecule has 0 amide bonds. The summed E-state index contributed by atoms with van der Waals surface area (Å²) in [4.78, 5) is 12.5. The number of anilines is 1. The zero-order valence-corrected chi connectivity index (χ0v) is 19.7. The summed E-state index contributed by atoms with van der Waals surface area (Å²) >= 11 is 0. The molecule has 33 heavy (non-hydrogen) atoms. The highest BCUT2D eigenvalue weighted by Gasteiger charge is 2.23. The number of nitrogens with one attached hydrogen (secondary N) is 1. The predicted octanol–water partition coefficient (Wildman–Crippen LogP) is 6.42. The zero-order valence-electron chi connectivity index (χ0n) is 19.7. The van der Waals surface area contributed by atoms with Crippen LogP contribution in [-0.4, -0.2) is 36.4 Å². The third-order valence-corrected chi connectivity index (χ3v) is 6.01. The van der Waals surface area contributed by atoms with Crippen LogP contribution < -0.4 is 10.1 Å². The van der Waals surface area contributed by atoms with Crippen LogP contribution in [0.15, 0.2) is 88.8 Å². The van der Waals surface area contributed by atoms with Gasteiger partial charge in [0.15, 0.2) is 0 Å². The summed E-state index contributed by atoms with van der Waals surface area (Å²) < 4.78 is 5.32. The molecule has 170 valence electrons. The Hall–Kier alpha value is -3.60. The lowest BCUT2D eigenvalue weighted by atomic mass is 10.0. The van der Waals surface area contributed by atoms with Gasteiger partial charge in [-0.05, 0) is 75.1 Å². The number of guanidine groups is 1. The molecule has 0 spiro atoms. The van der Waals surface area contributed by atoms with Gasteiger partial charge < -0.3 is 15.0 Å². The highest BCUT2D eigenvalue weighted by molar-refractivity contribution is 6.14. The number of amidine groups is 1. The monoisotopic (exact) mass is 440 g/mol. The van der Waals surface area contributed by atoms with E-state index in [1.807, 2.05) is 60.7 Å². The number of hydrogen-bond acceptors (Lipinski definition) is 2. The van der Waals surface area contributed by atoms with Gasteiger partial charge in [-0.3, -0.25) is 0 Å². The van der Waals surface area contributed by atoms with Crippen molar-refractivity contribution >= 4 is 23.2 Å². The third-order valence-electron chi connectivity index (χ3n) is 6.01. The summed E-state index contributed by atoms with van der Waals surface area (Å²) in [6.07, 6.45) is 3.54. The van der Waals surface area contributed by atoms with Crippen LogP contribution in [-0.2, 0) is 0 Å². The Morgan fingerprint density at radius 2 is 1.67 bits per heavy atom. The summed E-state index contributed by atoms with van der Waals surface area (Å²) in [5, 5.41) is 3.54.